The molecule has 2 aromatic rings. The van der Waals surface area contributed by atoms with Gasteiger partial charge in [-0.2, -0.15) is 0 Å². The van der Waals surface area contributed by atoms with Gasteiger partial charge in [0.15, 0.2) is 0 Å². The largest absolute Gasteiger partial charge is 0.481 e. The fraction of sp³-hybridized carbons (Fsp3) is 0.429. The van der Waals surface area contributed by atoms with E-state index >= 15 is 0 Å². The van der Waals surface area contributed by atoms with E-state index in [1.807, 2.05) is 25.9 Å². The van der Waals surface area contributed by atoms with Gasteiger partial charge in [-0.3, -0.25) is 9.59 Å². The Morgan fingerprint density at radius 1 is 1.27 bits per heavy atom. The summed E-state index contributed by atoms with van der Waals surface area (Å²) in [6, 6.07) is 0. The summed E-state index contributed by atoms with van der Waals surface area (Å²) in [6.07, 6.45) is 1.41. The minimum absolute atomic E-state index is 0.0745. The van der Waals surface area contributed by atoms with Crippen molar-refractivity contribution in [1.29, 1.82) is 0 Å². The van der Waals surface area contributed by atoms with Crippen LogP contribution in [0, 0.1) is 6.92 Å². The molecule has 0 fully saturated rings. The number of aryl methyl sites for hydroxylation is 1. The molecule has 2 heterocycles. The highest BCUT2D eigenvalue weighted by Crippen LogP contribution is 2.34. The Morgan fingerprint density at radius 3 is 2.55 bits per heavy atom. The molecule has 7 nitrogen and oxygen atoms in total. The molecule has 118 valence electrons. The van der Waals surface area contributed by atoms with Crippen LogP contribution >= 0.6 is 11.3 Å². The van der Waals surface area contributed by atoms with Gasteiger partial charge in [0.1, 0.15) is 17.0 Å². The van der Waals surface area contributed by atoms with E-state index in [4.69, 9.17) is 5.11 Å². The molecule has 0 aliphatic rings. The van der Waals surface area contributed by atoms with Crippen molar-refractivity contribution in [3.8, 4) is 0 Å². The van der Waals surface area contributed by atoms with Crippen molar-refractivity contribution in [3.63, 3.8) is 0 Å². The van der Waals surface area contributed by atoms with Crippen molar-refractivity contribution < 1.29 is 14.7 Å². The zero-order chi connectivity index (χ0) is 16.4. The molecule has 1 N–H and O–H groups in total. The number of rotatable bonds is 5. The third kappa shape index (κ3) is 3.01. The van der Waals surface area contributed by atoms with E-state index in [-0.39, 0.29) is 18.9 Å². The minimum atomic E-state index is -0.923. The first-order valence-electron chi connectivity index (χ1n) is 6.71. The van der Waals surface area contributed by atoms with Crippen LogP contribution in [0.2, 0.25) is 0 Å². The minimum Gasteiger partial charge on any atom is -0.481 e. The number of amides is 1. The fourth-order valence-corrected chi connectivity index (χ4v) is 3.27. The number of anilines is 1. The van der Waals surface area contributed by atoms with Gasteiger partial charge in [0, 0.05) is 27.7 Å². The number of aliphatic carboxylic acids is 1. The maximum absolute atomic E-state index is 12.5. The molecular formula is C14H18N4O3S. The van der Waals surface area contributed by atoms with E-state index in [1.54, 1.807) is 7.05 Å². The number of carbonyl (C=O) groups excluding carboxylic acids is 1. The lowest BCUT2D eigenvalue weighted by Gasteiger charge is -2.15. The van der Waals surface area contributed by atoms with Crippen molar-refractivity contribution in [1.82, 2.24) is 14.9 Å². The van der Waals surface area contributed by atoms with Gasteiger partial charge in [0.25, 0.3) is 5.91 Å². The summed E-state index contributed by atoms with van der Waals surface area (Å²) < 4.78 is 0. The molecular weight excluding hydrogens is 304 g/mol. The topological polar surface area (TPSA) is 86.6 Å². The van der Waals surface area contributed by atoms with E-state index in [1.165, 1.54) is 22.6 Å². The van der Waals surface area contributed by atoms with Gasteiger partial charge in [-0.25, -0.2) is 9.97 Å². The number of carboxylic acids is 1. The monoisotopic (exact) mass is 322 g/mol. The lowest BCUT2D eigenvalue weighted by Crippen LogP contribution is -2.28. The molecule has 0 atom stereocenters. The third-order valence-electron chi connectivity index (χ3n) is 3.33. The summed E-state index contributed by atoms with van der Waals surface area (Å²) in [6.45, 7) is 2.04. The maximum atomic E-state index is 12.5. The van der Waals surface area contributed by atoms with Gasteiger partial charge in [-0.05, 0) is 12.5 Å². The van der Waals surface area contributed by atoms with Crippen LogP contribution in [0.15, 0.2) is 6.33 Å². The quantitative estimate of drug-likeness (QED) is 0.900. The fourth-order valence-electron chi connectivity index (χ4n) is 2.13. The Labute approximate surface area is 132 Å². The smallest absolute Gasteiger partial charge is 0.305 e. The van der Waals surface area contributed by atoms with E-state index in [2.05, 4.69) is 9.97 Å². The zero-order valence-corrected chi connectivity index (χ0v) is 13.8. The van der Waals surface area contributed by atoms with Gasteiger partial charge in [-0.15, -0.1) is 11.3 Å². The molecule has 0 bridgehead atoms. The van der Waals surface area contributed by atoms with Crippen molar-refractivity contribution in [3.05, 3.63) is 16.8 Å². The third-order valence-corrected chi connectivity index (χ3v) is 4.52. The average molecular weight is 322 g/mol. The second kappa shape index (κ2) is 6.27. The number of carbonyl (C=O) groups is 2. The number of carboxylic acid groups (broad SMARTS) is 1. The van der Waals surface area contributed by atoms with Crippen LogP contribution in [0.25, 0.3) is 10.2 Å². The number of nitrogens with zero attached hydrogens (tertiary/aromatic N) is 4. The lowest BCUT2D eigenvalue weighted by molar-refractivity contribution is -0.137. The Hall–Kier alpha value is -2.22. The highest BCUT2D eigenvalue weighted by molar-refractivity contribution is 7.20. The highest BCUT2D eigenvalue weighted by atomic mass is 32.1. The highest BCUT2D eigenvalue weighted by Gasteiger charge is 2.22. The van der Waals surface area contributed by atoms with E-state index in [0.717, 1.165) is 21.6 Å². The maximum Gasteiger partial charge on any atom is 0.305 e. The van der Waals surface area contributed by atoms with Crippen LogP contribution in [-0.4, -0.2) is 59.5 Å². The number of hydrogen-bond acceptors (Lipinski definition) is 6. The van der Waals surface area contributed by atoms with Crippen molar-refractivity contribution >= 4 is 39.2 Å². The molecule has 0 aliphatic heterocycles. The second-order valence-electron chi connectivity index (χ2n) is 5.20. The predicted octanol–water partition coefficient (Wildman–Crippen LogP) is 1.61. The molecule has 2 aromatic heterocycles. The van der Waals surface area contributed by atoms with Gasteiger partial charge in [-0.1, -0.05) is 0 Å². The van der Waals surface area contributed by atoms with Gasteiger partial charge >= 0.3 is 5.97 Å². The Morgan fingerprint density at radius 2 is 1.95 bits per heavy atom. The SMILES string of the molecule is Cc1c(C(=O)N(C)CCC(=O)O)sc2ncnc(N(C)C)c12. The van der Waals surface area contributed by atoms with Crippen LogP contribution in [-0.2, 0) is 4.79 Å². The number of hydrogen-bond donors (Lipinski definition) is 1. The molecule has 1 amide bonds. The summed E-state index contributed by atoms with van der Waals surface area (Å²) in [4.78, 5) is 36.3. The Balaban J connectivity index is 2.40. The summed E-state index contributed by atoms with van der Waals surface area (Å²) in [7, 11) is 5.38. The molecule has 0 saturated heterocycles. The van der Waals surface area contributed by atoms with Crippen molar-refractivity contribution in [2.24, 2.45) is 0 Å². The zero-order valence-electron chi connectivity index (χ0n) is 13.0. The summed E-state index contributed by atoms with van der Waals surface area (Å²) in [5.41, 5.74) is 0.830. The van der Waals surface area contributed by atoms with Crippen LogP contribution in [0.1, 0.15) is 21.7 Å². The van der Waals surface area contributed by atoms with E-state index < -0.39 is 5.97 Å². The van der Waals surface area contributed by atoms with Gasteiger partial charge in [0.2, 0.25) is 0 Å². The molecule has 0 aliphatic carbocycles. The average Bonchev–Trinajstić information content (AvgIpc) is 2.81. The number of aromatic nitrogens is 2. The Bertz CT molecular complexity index is 726. The molecule has 0 saturated carbocycles. The lowest BCUT2D eigenvalue weighted by atomic mass is 10.2. The molecule has 0 unspecified atom stereocenters. The molecule has 0 aromatic carbocycles. The molecule has 0 radical (unpaired) electrons. The van der Waals surface area contributed by atoms with Crippen molar-refractivity contribution in [2.45, 2.75) is 13.3 Å². The van der Waals surface area contributed by atoms with Crippen LogP contribution in [0.3, 0.4) is 0 Å². The van der Waals surface area contributed by atoms with Crippen LogP contribution in [0.5, 0.6) is 0 Å². The molecule has 8 heteroatoms. The summed E-state index contributed by atoms with van der Waals surface area (Å²) in [5.74, 6) is -0.342. The first-order chi connectivity index (χ1) is 10.3. The normalized spacial score (nSPS) is 10.7. The number of thiophene rings is 1. The predicted molar refractivity (Wildman–Crippen MR) is 85.7 cm³/mol. The van der Waals surface area contributed by atoms with E-state index in [9.17, 15) is 9.59 Å². The molecule has 2 rings (SSSR count). The molecule has 0 spiro atoms. The van der Waals surface area contributed by atoms with Crippen LogP contribution in [0.4, 0.5) is 5.82 Å². The second-order valence-corrected chi connectivity index (χ2v) is 6.20. The Kier molecular flexibility index (Phi) is 4.60. The summed E-state index contributed by atoms with van der Waals surface area (Å²) in [5, 5.41) is 9.59. The summed E-state index contributed by atoms with van der Waals surface area (Å²) >= 11 is 1.31. The van der Waals surface area contributed by atoms with Crippen LogP contribution < -0.4 is 4.90 Å². The van der Waals surface area contributed by atoms with E-state index in [0.29, 0.717) is 4.88 Å². The van der Waals surface area contributed by atoms with Gasteiger partial charge in [0.05, 0.1) is 16.7 Å². The first kappa shape index (κ1) is 16.2. The first-order valence-corrected chi connectivity index (χ1v) is 7.53. The van der Waals surface area contributed by atoms with Gasteiger partial charge < -0.3 is 14.9 Å². The number of fused-ring (bicyclic) bond motifs is 1. The standard InChI is InChI=1S/C14H18N4O3S/c1-8-10-12(17(2)3)15-7-16-13(10)22-11(8)14(21)18(4)6-5-9(19)20/h7H,5-6H2,1-4H3,(H,19,20). The van der Waals surface area contributed by atoms with Crippen molar-refractivity contribution in [2.75, 3.05) is 32.6 Å². The molecule has 22 heavy (non-hydrogen) atoms.